The van der Waals surface area contributed by atoms with Gasteiger partial charge in [0, 0.05) is 33.3 Å². The van der Waals surface area contributed by atoms with E-state index in [9.17, 15) is 0 Å². The van der Waals surface area contributed by atoms with E-state index in [4.69, 9.17) is 4.74 Å². The summed E-state index contributed by atoms with van der Waals surface area (Å²) in [6, 6.07) is 0.349. The van der Waals surface area contributed by atoms with Gasteiger partial charge in [-0.3, -0.25) is 0 Å². The number of likely N-dealkylation sites (N-methyl/N-ethyl adjacent to an activating group) is 1. The predicted octanol–water partition coefficient (Wildman–Crippen LogP) is 0.00690. The Morgan fingerprint density at radius 1 is 1.47 bits per heavy atom. The number of ether oxygens (including phenoxy) is 1. The van der Waals surface area contributed by atoms with Crippen LogP contribution < -0.4 is 5.32 Å². The summed E-state index contributed by atoms with van der Waals surface area (Å²) in [5, 5.41) is 7.46. The van der Waals surface area contributed by atoms with Crippen LogP contribution in [0.15, 0.2) is 12.7 Å². The van der Waals surface area contributed by atoms with Crippen LogP contribution in [0.5, 0.6) is 0 Å². The molecule has 1 N–H and O–H groups in total. The average Bonchev–Trinajstić information content (AvgIpc) is 2.82. The molecule has 1 rings (SSSR count). The summed E-state index contributed by atoms with van der Waals surface area (Å²) in [5.41, 5.74) is 0. The molecular weight excluding hydrogens is 218 g/mol. The monoisotopic (exact) mass is 241 g/mol. The van der Waals surface area contributed by atoms with Gasteiger partial charge in [0.25, 0.3) is 0 Å². The smallest absolute Gasteiger partial charge is 0.137 e. The molecule has 0 aliphatic rings. The Morgan fingerprint density at radius 3 is 2.94 bits per heavy atom. The molecule has 0 aliphatic heterocycles. The predicted molar refractivity (Wildman–Crippen MR) is 67.0 cm³/mol. The SMILES string of the molecule is COCCNCCN(C)CC(C)n1cncn1. The lowest BCUT2D eigenvalue weighted by molar-refractivity contribution is 0.197. The van der Waals surface area contributed by atoms with Gasteiger partial charge in [-0.1, -0.05) is 0 Å². The number of nitrogens with one attached hydrogen (secondary N) is 1. The summed E-state index contributed by atoms with van der Waals surface area (Å²) in [7, 11) is 3.83. The van der Waals surface area contributed by atoms with Gasteiger partial charge >= 0.3 is 0 Å². The normalized spacial score (nSPS) is 13.2. The fourth-order valence-corrected chi connectivity index (χ4v) is 1.64. The Balaban J connectivity index is 2.10. The molecule has 0 radical (unpaired) electrons. The second-order valence-electron chi connectivity index (χ2n) is 4.23. The molecule has 98 valence electrons. The molecule has 6 nitrogen and oxygen atoms in total. The summed E-state index contributed by atoms with van der Waals surface area (Å²) in [6.07, 6.45) is 3.33. The number of hydrogen-bond acceptors (Lipinski definition) is 5. The molecule has 1 aromatic rings. The van der Waals surface area contributed by atoms with Crippen LogP contribution in [0.1, 0.15) is 13.0 Å². The van der Waals surface area contributed by atoms with Gasteiger partial charge in [0.15, 0.2) is 0 Å². The van der Waals surface area contributed by atoms with Crippen LogP contribution in [0, 0.1) is 0 Å². The summed E-state index contributed by atoms with van der Waals surface area (Å²) in [5.74, 6) is 0. The van der Waals surface area contributed by atoms with E-state index in [0.29, 0.717) is 6.04 Å². The van der Waals surface area contributed by atoms with Crippen molar-refractivity contribution in [2.24, 2.45) is 0 Å². The van der Waals surface area contributed by atoms with Crippen LogP contribution in [0.2, 0.25) is 0 Å². The molecular formula is C11H23N5O. The quantitative estimate of drug-likeness (QED) is 0.617. The first-order valence-electron chi connectivity index (χ1n) is 5.96. The van der Waals surface area contributed by atoms with Crippen LogP contribution in [-0.4, -0.2) is 66.6 Å². The summed E-state index contributed by atoms with van der Waals surface area (Å²) in [4.78, 5) is 6.24. The number of hydrogen-bond donors (Lipinski definition) is 1. The first-order chi connectivity index (χ1) is 8.24. The second-order valence-corrected chi connectivity index (χ2v) is 4.23. The molecule has 1 heterocycles. The third-order valence-corrected chi connectivity index (χ3v) is 2.62. The lowest BCUT2D eigenvalue weighted by Crippen LogP contribution is -2.34. The van der Waals surface area contributed by atoms with Gasteiger partial charge in [-0.15, -0.1) is 0 Å². The van der Waals surface area contributed by atoms with Gasteiger partial charge in [-0.2, -0.15) is 5.10 Å². The number of aromatic nitrogens is 3. The van der Waals surface area contributed by atoms with Gasteiger partial charge in [0.05, 0.1) is 12.6 Å². The van der Waals surface area contributed by atoms with Crippen LogP contribution >= 0.6 is 0 Å². The Hall–Kier alpha value is -0.980. The van der Waals surface area contributed by atoms with E-state index in [0.717, 1.165) is 32.8 Å². The Labute approximate surface area is 103 Å². The maximum Gasteiger partial charge on any atom is 0.137 e. The zero-order valence-corrected chi connectivity index (χ0v) is 11.0. The molecule has 0 aliphatic carbocycles. The topological polar surface area (TPSA) is 55.2 Å². The summed E-state index contributed by atoms with van der Waals surface area (Å²) in [6.45, 7) is 6.77. The highest BCUT2D eigenvalue weighted by atomic mass is 16.5. The van der Waals surface area contributed by atoms with Gasteiger partial charge in [-0.05, 0) is 14.0 Å². The first kappa shape index (κ1) is 14.1. The minimum absolute atomic E-state index is 0.349. The lowest BCUT2D eigenvalue weighted by atomic mass is 10.3. The Morgan fingerprint density at radius 2 is 2.29 bits per heavy atom. The van der Waals surface area contributed by atoms with Crippen molar-refractivity contribution in [3.8, 4) is 0 Å². The van der Waals surface area contributed by atoms with Gasteiger partial charge in [0.2, 0.25) is 0 Å². The molecule has 0 amide bonds. The highest BCUT2D eigenvalue weighted by Gasteiger charge is 2.08. The first-order valence-corrected chi connectivity index (χ1v) is 5.96. The van der Waals surface area contributed by atoms with Gasteiger partial charge in [-0.25, -0.2) is 9.67 Å². The number of rotatable bonds is 9. The minimum atomic E-state index is 0.349. The van der Waals surface area contributed by atoms with E-state index in [2.05, 4.69) is 34.3 Å². The number of methoxy groups -OCH3 is 1. The van der Waals surface area contributed by atoms with Crippen molar-refractivity contribution in [1.29, 1.82) is 0 Å². The number of nitrogens with zero attached hydrogens (tertiary/aromatic N) is 4. The van der Waals surface area contributed by atoms with Crippen LogP contribution in [0.4, 0.5) is 0 Å². The lowest BCUT2D eigenvalue weighted by Gasteiger charge is -2.21. The highest BCUT2D eigenvalue weighted by Crippen LogP contribution is 2.03. The average molecular weight is 241 g/mol. The largest absolute Gasteiger partial charge is 0.383 e. The third kappa shape index (κ3) is 5.76. The van der Waals surface area contributed by atoms with Gasteiger partial charge in [0.1, 0.15) is 12.7 Å². The van der Waals surface area contributed by atoms with Crippen molar-refractivity contribution in [1.82, 2.24) is 25.0 Å². The van der Waals surface area contributed by atoms with E-state index in [1.165, 1.54) is 0 Å². The maximum atomic E-state index is 4.97. The molecule has 17 heavy (non-hydrogen) atoms. The standard InChI is InChI=1S/C11H23N5O/c1-11(16-10-13-9-14-16)8-15(2)6-4-12-5-7-17-3/h9-12H,4-8H2,1-3H3. The van der Waals surface area contributed by atoms with Crippen molar-refractivity contribution in [2.75, 3.05) is 46.9 Å². The zero-order chi connectivity index (χ0) is 12.5. The van der Waals surface area contributed by atoms with Crippen molar-refractivity contribution in [2.45, 2.75) is 13.0 Å². The summed E-state index contributed by atoms with van der Waals surface area (Å²) < 4.78 is 6.85. The molecule has 1 atom stereocenters. The molecule has 0 saturated carbocycles. The van der Waals surface area contributed by atoms with Crippen LogP contribution in [-0.2, 0) is 4.74 Å². The van der Waals surface area contributed by atoms with Crippen LogP contribution in [0.3, 0.4) is 0 Å². The zero-order valence-electron chi connectivity index (χ0n) is 11.0. The molecule has 0 bridgehead atoms. The van der Waals surface area contributed by atoms with Crippen molar-refractivity contribution in [3.05, 3.63) is 12.7 Å². The fourth-order valence-electron chi connectivity index (χ4n) is 1.64. The Kier molecular flexibility index (Phi) is 6.76. The molecule has 0 fully saturated rings. The molecule has 1 unspecified atom stereocenters. The summed E-state index contributed by atoms with van der Waals surface area (Å²) >= 11 is 0. The fraction of sp³-hybridized carbons (Fsp3) is 0.818. The van der Waals surface area contributed by atoms with Crippen molar-refractivity contribution < 1.29 is 4.74 Å². The second kappa shape index (κ2) is 8.16. The maximum absolute atomic E-state index is 4.97. The van der Waals surface area contributed by atoms with E-state index >= 15 is 0 Å². The molecule has 0 saturated heterocycles. The minimum Gasteiger partial charge on any atom is -0.383 e. The molecule has 6 heteroatoms. The van der Waals surface area contributed by atoms with Crippen molar-refractivity contribution in [3.63, 3.8) is 0 Å². The van der Waals surface area contributed by atoms with Crippen molar-refractivity contribution >= 4 is 0 Å². The third-order valence-electron chi connectivity index (χ3n) is 2.62. The Bertz CT molecular complexity index is 277. The molecule has 0 aromatic carbocycles. The molecule has 1 aromatic heterocycles. The van der Waals surface area contributed by atoms with Crippen LogP contribution in [0.25, 0.3) is 0 Å². The van der Waals surface area contributed by atoms with E-state index in [-0.39, 0.29) is 0 Å². The van der Waals surface area contributed by atoms with E-state index in [1.54, 1.807) is 19.8 Å². The highest BCUT2D eigenvalue weighted by molar-refractivity contribution is 4.68. The van der Waals surface area contributed by atoms with E-state index in [1.807, 2.05) is 4.68 Å². The van der Waals surface area contributed by atoms with E-state index < -0.39 is 0 Å². The van der Waals surface area contributed by atoms with Gasteiger partial charge < -0.3 is 15.0 Å². The molecule has 0 spiro atoms.